The molecule has 0 saturated carbocycles. The van der Waals surface area contributed by atoms with Crippen LogP contribution in [0.1, 0.15) is 40.0 Å². The van der Waals surface area contributed by atoms with Gasteiger partial charge < -0.3 is 15.0 Å². The van der Waals surface area contributed by atoms with E-state index < -0.39 is 23.8 Å². The van der Waals surface area contributed by atoms with Crippen molar-refractivity contribution in [2.75, 3.05) is 23.4 Å². The second-order valence-corrected chi connectivity index (χ2v) is 8.45. The van der Waals surface area contributed by atoms with Crippen LogP contribution >= 0.6 is 0 Å². The fourth-order valence-corrected chi connectivity index (χ4v) is 3.55. The average Bonchev–Trinajstić information content (AvgIpc) is 3.01. The molecule has 1 saturated heterocycles. The maximum absolute atomic E-state index is 13.3. The fourth-order valence-electron chi connectivity index (χ4n) is 3.55. The van der Waals surface area contributed by atoms with E-state index in [9.17, 15) is 18.8 Å². The van der Waals surface area contributed by atoms with Crippen LogP contribution in [0.2, 0.25) is 0 Å². The van der Waals surface area contributed by atoms with Gasteiger partial charge >= 0.3 is 6.03 Å². The van der Waals surface area contributed by atoms with E-state index >= 15 is 0 Å². The molecule has 176 valence electrons. The normalized spacial score (nSPS) is 16.0. The van der Waals surface area contributed by atoms with E-state index in [1.807, 2.05) is 20.8 Å². The highest BCUT2D eigenvalue weighted by atomic mass is 19.1. The number of carbonyl (C=O) groups is 3. The lowest BCUT2D eigenvalue weighted by molar-refractivity contribution is -0.124. The van der Waals surface area contributed by atoms with Gasteiger partial charge in [0.15, 0.2) is 0 Å². The Bertz CT molecular complexity index is 976. The summed E-state index contributed by atoms with van der Waals surface area (Å²) in [6, 6.07) is 10.7. The van der Waals surface area contributed by atoms with Crippen LogP contribution in [0.15, 0.2) is 48.5 Å². The Morgan fingerprint density at radius 2 is 1.76 bits per heavy atom. The van der Waals surface area contributed by atoms with Crippen molar-refractivity contribution < 1.29 is 23.5 Å². The van der Waals surface area contributed by atoms with E-state index in [0.29, 0.717) is 36.9 Å². The number of benzene rings is 2. The Kier molecular flexibility index (Phi) is 8.03. The Morgan fingerprint density at radius 1 is 1.09 bits per heavy atom. The minimum Gasteiger partial charge on any atom is -0.494 e. The Labute approximate surface area is 193 Å². The van der Waals surface area contributed by atoms with Crippen LogP contribution in [0.5, 0.6) is 5.75 Å². The molecule has 1 heterocycles. The van der Waals surface area contributed by atoms with Gasteiger partial charge in [0.05, 0.1) is 18.7 Å². The monoisotopic (exact) mass is 455 g/mol. The molecule has 1 N–H and O–H groups in total. The number of nitrogens with zero attached hydrogens (tertiary/aromatic N) is 2. The molecule has 0 aromatic heterocycles. The minimum absolute atomic E-state index is 0.172. The lowest BCUT2D eigenvalue weighted by atomic mass is 10.1. The van der Waals surface area contributed by atoms with E-state index in [1.165, 1.54) is 29.2 Å². The number of halogens is 1. The van der Waals surface area contributed by atoms with Gasteiger partial charge in [0, 0.05) is 12.2 Å². The number of urea groups is 1. The Morgan fingerprint density at radius 3 is 2.36 bits per heavy atom. The number of hydrogen-bond donors (Lipinski definition) is 1. The number of anilines is 2. The zero-order valence-corrected chi connectivity index (χ0v) is 19.2. The molecule has 0 spiro atoms. The van der Waals surface area contributed by atoms with E-state index in [-0.39, 0.29) is 18.0 Å². The molecule has 7 nitrogen and oxygen atoms in total. The van der Waals surface area contributed by atoms with Crippen molar-refractivity contribution in [1.82, 2.24) is 4.90 Å². The van der Waals surface area contributed by atoms with Crippen LogP contribution in [0.25, 0.3) is 0 Å². The molecular weight excluding hydrogens is 425 g/mol. The maximum Gasteiger partial charge on any atom is 0.332 e. The minimum atomic E-state index is -0.923. The van der Waals surface area contributed by atoms with Crippen molar-refractivity contribution in [3.05, 3.63) is 54.3 Å². The van der Waals surface area contributed by atoms with Gasteiger partial charge in [-0.2, -0.15) is 0 Å². The van der Waals surface area contributed by atoms with Crippen molar-refractivity contribution in [3.63, 3.8) is 0 Å². The number of nitrogens with one attached hydrogen (secondary N) is 1. The summed E-state index contributed by atoms with van der Waals surface area (Å²) in [6.07, 6.45) is 1.41. The molecule has 33 heavy (non-hydrogen) atoms. The van der Waals surface area contributed by atoms with Crippen LogP contribution in [0, 0.1) is 11.7 Å². The number of rotatable bonds is 10. The third-order valence-corrected chi connectivity index (χ3v) is 5.34. The van der Waals surface area contributed by atoms with Crippen molar-refractivity contribution >= 4 is 29.2 Å². The first-order valence-corrected chi connectivity index (χ1v) is 11.2. The highest BCUT2D eigenvalue weighted by molar-refractivity contribution is 6.22. The van der Waals surface area contributed by atoms with E-state index in [2.05, 4.69) is 5.32 Å². The Balaban J connectivity index is 1.73. The summed E-state index contributed by atoms with van der Waals surface area (Å²) >= 11 is 0. The lowest BCUT2D eigenvalue weighted by Crippen LogP contribution is -2.39. The molecule has 0 unspecified atom stereocenters. The molecule has 2 aromatic carbocycles. The molecule has 1 aliphatic heterocycles. The van der Waals surface area contributed by atoms with E-state index in [1.54, 1.807) is 24.3 Å². The molecule has 1 fully saturated rings. The third-order valence-electron chi connectivity index (χ3n) is 5.34. The SMILES string of the molecule is CCCOc1ccc(NC(=O)C[C@@H]2C(=O)N(c3ccc(F)cc3)C(=O)N2CCC(C)C)cc1. The highest BCUT2D eigenvalue weighted by Crippen LogP contribution is 2.28. The molecule has 3 rings (SSSR count). The summed E-state index contributed by atoms with van der Waals surface area (Å²) in [7, 11) is 0. The summed E-state index contributed by atoms with van der Waals surface area (Å²) < 4.78 is 18.9. The number of carbonyl (C=O) groups excluding carboxylic acids is 3. The van der Waals surface area contributed by atoms with Crippen molar-refractivity contribution in [3.8, 4) is 5.75 Å². The molecule has 1 aliphatic rings. The average molecular weight is 456 g/mol. The third kappa shape index (κ3) is 6.09. The number of amides is 4. The lowest BCUT2D eigenvalue weighted by Gasteiger charge is -2.22. The molecule has 4 amide bonds. The molecule has 8 heteroatoms. The molecule has 0 radical (unpaired) electrons. The van der Waals surface area contributed by atoms with Crippen LogP contribution in [0.4, 0.5) is 20.6 Å². The number of ether oxygens (including phenoxy) is 1. The second kappa shape index (κ2) is 10.9. The largest absolute Gasteiger partial charge is 0.494 e. The molecular formula is C25H30FN3O4. The van der Waals surface area contributed by atoms with Crippen LogP contribution < -0.4 is 15.0 Å². The maximum atomic E-state index is 13.3. The van der Waals surface area contributed by atoms with E-state index in [0.717, 1.165) is 11.3 Å². The summed E-state index contributed by atoms with van der Waals surface area (Å²) in [5.74, 6) is -0.304. The number of hydrogen-bond acceptors (Lipinski definition) is 4. The standard InChI is InChI=1S/C25H30FN3O4/c1-4-15-33-21-11-7-19(8-12-21)27-23(30)16-22-24(31)29(20-9-5-18(26)6-10-20)25(32)28(22)14-13-17(2)3/h5-12,17,22H,4,13-16H2,1-3H3,(H,27,30)/t22-/m1/s1. The predicted molar refractivity (Wildman–Crippen MR) is 125 cm³/mol. The zero-order chi connectivity index (χ0) is 24.0. The van der Waals surface area contributed by atoms with Crippen LogP contribution in [0.3, 0.4) is 0 Å². The molecule has 0 bridgehead atoms. The zero-order valence-electron chi connectivity index (χ0n) is 19.2. The first-order valence-electron chi connectivity index (χ1n) is 11.2. The summed E-state index contributed by atoms with van der Waals surface area (Å²) in [4.78, 5) is 41.5. The summed E-state index contributed by atoms with van der Waals surface area (Å²) in [6.45, 7) is 7.03. The van der Waals surface area contributed by atoms with Gasteiger partial charge in [-0.05, 0) is 67.3 Å². The summed E-state index contributed by atoms with van der Waals surface area (Å²) in [5.41, 5.74) is 0.858. The first-order chi connectivity index (χ1) is 15.8. The molecule has 2 aromatic rings. The summed E-state index contributed by atoms with van der Waals surface area (Å²) in [5, 5.41) is 2.78. The van der Waals surface area contributed by atoms with Gasteiger partial charge in [-0.1, -0.05) is 20.8 Å². The van der Waals surface area contributed by atoms with Gasteiger partial charge in [0.25, 0.3) is 5.91 Å². The van der Waals surface area contributed by atoms with Crippen LogP contribution in [-0.4, -0.2) is 41.9 Å². The van der Waals surface area contributed by atoms with Gasteiger partial charge in [0.2, 0.25) is 5.91 Å². The fraction of sp³-hybridized carbons (Fsp3) is 0.400. The predicted octanol–water partition coefficient (Wildman–Crippen LogP) is 4.83. The van der Waals surface area contributed by atoms with Crippen molar-refractivity contribution in [2.24, 2.45) is 5.92 Å². The van der Waals surface area contributed by atoms with Gasteiger partial charge in [0.1, 0.15) is 17.6 Å². The first kappa shape index (κ1) is 24.2. The van der Waals surface area contributed by atoms with Gasteiger partial charge in [-0.25, -0.2) is 14.1 Å². The topological polar surface area (TPSA) is 79.0 Å². The smallest absolute Gasteiger partial charge is 0.332 e. The highest BCUT2D eigenvalue weighted by Gasteiger charge is 2.46. The van der Waals surface area contributed by atoms with Gasteiger partial charge in [-0.3, -0.25) is 9.59 Å². The molecule has 0 aliphatic carbocycles. The second-order valence-electron chi connectivity index (χ2n) is 8.45. The van der Waals surface area contributed by atoms with E-state index in [4.69, 9.17) is 4.74 Å². The molecule has 1 atom stereocenters. The van der Waals surface area contributed by atoms with Crippen LogP contribution in [-0.2, 0) is 9.59 Å². The van der Waals surface area contributed by atoms with Crippen molar-refractivity contribution in [2.45, 2.75) is 46.1 Å². The Hall–Kier alpha value is -3.42. The quantitative estimate of drug-likeness (QED) is 0.521. The van der Waals surface area contributed by atoms with Gasteiger partial charge in [-0.15, -0.1) is 0 Å². The van der Waals surface area contributed by atoms with Crippen molar-refractivity contribution in [1.29, 1.82) is 0 Å². The number of imide groups is 1.